The third kappa shape index (κ3) is 6.52. The van der Waals surface area contributed by atoms with Gasteiger partial charge < -0.3 is 14.8 Å². The summed E-state index contributed by atoms with van der Waals surface area (Å²) in [5.74, 6) is 0.745. The number of carbonyl (C=O) groups excluding carboxylic acids is 1. The highest BCUT2D eigenvalue weighted by atomic mass is 35.5. The van der Waals surface area contributed by atoms with Crippen molar-refractivity contribution in [1.82, 2.24) is 5.32 Å². The zero-order valence-corrected chi connectivity index (χ0v) is 16.2. The fraction of sp³-hybridized carbons (Fsp3) is 0.200. The average molecular weight is 405 g/mol. The van der Waals surface area contributed by atoms with Gasteiger partial charge in [0.1, 0.15) is 6.07 Å². The topological polar surface area (TPSA) is 71.3 Å². The van der Waals surface area contributed by atoms with Crippen molar-refractivity contribution in [3.05, 3.63) is 63.6 Å². The Balaban J connectivity index is 1.89. The van der Waals surface area contributed by atoms with Gasteiger partial charge in [0.05, 0.1) is 7.11 Å². The lowest BCUT2D eigenvalue weighted by Gasteiger charge is -2.09. The molecule has 1 amide bonds. The van der Waals surface area contributed by atoms with E-state index in [0.717, 1.165) is 11.1 Å². The number of halogens is 2. The Hall–Kier alpha value is -2.68. The minimum absolute atomic E-state index is 0.0639. The van der Waals surface area contributed by atoms with E-state index >= 15 is 0 Å². The number of amides is 1. The molecule has 27 heavy (non-hydrogen) atoms. The van der Waals surface area contributed by atoms with Gasteiger partial charge >= 0.3 is 0 Å². The molecule has 2 aromatic carbocycles. The predicted octanol–water partition coefficient (Wildman–Crippen LogP) is 4.28. The highest BCUT2D eigenvalue weighted by Gasteiger charge is 2.05. The minimum Gasteiger partial charge on any atom is -0.493 e. The summed E-state index contributed by atoms with van der Waals surface area (Å²) in [6.45, 7) is 0.389. The summed E-state index contributed by atoms with van der Waals surface area (Å²) in [7, 11) is 1.51. The first kappa shape index (κ1) is 20.6. The van der Waals surface area contributed by atoms with Crippen LogP contribution in [0.2, 0.25) is 10.0 Å². The van der Waals surface area contributed by atoms with Crippen molar-refractivity contribution >= 4 is 35.2 Å². The van der Waals surface area contributed by atoms with Gasteiger partial charge in [-0.3, -0.25) is 4.79 Å². The van der Waals surface area contributed by atoms with Crippen LogP contribution in [-0.2, 0) is 11.2 Å². The Morgan fingerprint density at radius 3 is 2.74 bits per heavy atom. The molecule has 0 unspecified atom stereocenters. The molecule has 0 bridgehead atoms. The van der Waals surface area contributed by atoms with E-state index in [1.165, 1.54) is 13.2 Å². The molecule has 0 aromatic heterocycles. The lowest BCUT2D eigenvalue weighted by atomic mass is 10.1. The molecule has 140 valence electrons. The smallest absolute Gasteiger partial charge is 0.244 e. The Labute approximate surface area is 168 Å². The molecule has 0 aliphatic heterocycles. The van der Waals surface area contributed by atoms with Gasteiger partial charge in [0, 0.05) is 22.7 Å². The van der Waals surface area contributed by atoms with Gasteiger partial charge in [0.15, 0.2) is 18.1 Å². The molecule has 0 aliphatic rings. The largest absolute Gasteiger partial charge is 0.493 e. The number of hydrogen-bond donors (Lipinski definition) is 1. The van der Waals surface area contributed by atoms with E-state index in [-0.39, 0.29) is 12.5 Å². The molecule has 2 aromatic rings. The summed E-state index contributed by atoms with van der Waals surface area (Å²) >= 11 is 12.0. The molecule has 5 nitrogen and oxygen atoms in total. The maximum Gasteiger partial charge on any atom is 0.244 e. The first-order chi connectivity index (χ1) is 13.0. The number of benzene rings is 2. The summed E-state index contributed by atoms with van der Waals surface area (Å²) < 4.78 is 10.5. The molecular weight excluding hydrogens is 387 g/mol. The Kier molecular flexibility index (Phi) is 8.00. The van der Waals surface area contributed by atoms with Gasteiger partial charge in [0.2, 0.25) is 5.91 Å². The van der Waals surface area contributed by atoms with Crippen molar-refractivity contribution in [3.8, 4) is 17.6 Å². The Morgan fingerprint density at radius 2 is 2.04 bits per heavy atom. The average Bonchev–Trinajstić information content (AvgIpc) is 2.66. The highest BCUT2D eigenvalue weighted by molar-refractivity contribution is 6.35. The second-order valence-electron chi connectivity index (χ2n) is 5.47. The fourth-order valence-electron chi connectivity index (χ4n) is 2.29. The van der Waals surface area contributed by atoms with Crippen LogP contribution in [0.1, 0.15) is 11.1 Å². The standard InChI is InChI=1S/C20H18Cl2N2O3/c1-26-19-12-14(2-6-18(19)27-11-9-23)3-7-20(25)24-10-8-15-4-5-16(21)13-17(15)22/h2-7,12-13H,8,10-11H2,1H3,(H,24,25)/b7-3+. The van der Waals surface area contributed by atoms with Crippen molar-refractivity contribution in [3.63, 3.8) is 0 Å². The highest BCUT2D eigenvalue weighted by Crippen LogP contribution is 2.28. The first-order valence-corrected chi connectivity index (χ1v) is 8.86. The van der Waals surface area contributed by atoms with Crippen LogP contribution < -0.4 is 14.8 Å². The van der Waals surface area contributed by atoms with Crippen molar-refractivity contribution in [2.75, 3.05) is 20.3 Å². The summed E-state index contributed by atoms with van der Waals surface area (Å²) in [6.07, 6.45) is 3.71. The quantitative estimate of drug-likeness (QED) is 0.666. The second kappa shape index (κ2) is 10.5. The summed E-state index contributed by atoms with van der Waals surface area (Å²) in [4.78, 5) is 12.0. The lowest BCUT2D eigenvalue weighted by molar-refractivity contribution is -0.116. The van der Waals surface area contributed by atoms with Gasteiger partial charge in [-0.25, -0.2) is 0 Å². The van der Waals surface area contributed by atoms with Crippen LogP contribution in [0, 0.1) is 11.3 Å². The normalized spacial score (nSPS) is 10.4. The number of nitrogens with zero attached hydrogens (tertiary/aromatic N) is 1. The number of ether oxygens (including phenoxy) is 2. The summed E-state index contributed by atoms with van der Waals surface area (Å²) in [5, 5.41) is 12.5. The zero-order valence-electron chi connectivity index (χ0n) is 14.7. The zero-order chi connectivity index (χ0) is 19.6. The van der Waals surface area contributed by atoms with Gasteiger partial charge in [-0.15, -0.1) is 0 Å². The summed E-state index contributed by atoms with van der Waals surface area (Å²) in [5.41, 5.74) is 1.69. The third-order valence-electron chi connectivity index (χ3n) is 3.62. The maximum absolute atomic E-state index is 12.0. The van der Waals surface area contributed by atoms with E-state index in [4.69, 9.17) is 37.9 Å². The van der Waals surface area contributed by atoms with E-state index in [1.807, 2.05) is 12.1 Å². The van der Waals surface area contributed by atoms with E-state index in [0.29, 0.717) is 34.5 Å². The monoisotopic (exact) mass is 404 g/mol. The molecule has 0 saturated heterocycles. The number of methoxy groups -OCH3 is 1. The number of carbonyl (C=O) groups is 1. The number of nitriles is 1. The second-order valence-corrected chi connectivity index (χ2v) is 6.31. The molecule has 0 atom stereocenters. The van der Waals surface area contributed by atoms with Crippen molar-refractivity contribution < 1.29 is 14.3 Å². The van der Waals surface area contributed by atoms with Gasteiger partial charge in [0.25, 0.3) is 0 Å². The Bertz CT molecular complexity index is 876. The molecule has 0 fully saturated rings. The molecule has 0 spiro atoms. The number of hydrogen-bond acceptors (Lipinski definition) is 4. The number of nitrogens with one attached hydrogen (secondary N) is 1. The van der Waals surface area contributed by atoms with Crippen molar-refractivity contribution in [2.24, 2.45) is 0 Å². The molecule has 0 saturated carbocycles. The molecule has 0 radical (unpaired) electrons. The van der Waals surface area contributed by atoms with Crippen LogP contribution in [0.25, 0.3) is 6.08 Å². The van der Waals surface area contributed by atoms with Gasteiger partial charge in [-0.2, -0.15) is 5.26 Å². The molecule has 0 aliphatic carbocycles. The first-order valence-electron chi connectivity index (χ1n) is 8.11. The minimum atomic E-state index is -0.219. The van der Waals surface area contributed by atoms with Crippen molar-refractivity contribution in [2.45, 2.75) is 6.42 Å². The van der Waals surface area contributed by atoms with E-state index in [1.54, 1.807) is 36.4 Å². The fourth-order valence-corrected chi connectivity index (χ4v) is 2.80. The summed E-state index contributed by atoms with van der Waals surface area (Å²) in [6, 6.07) is 12.4. The van der Waals surface area contributed by atoms with E-state index < -0.39 is 0 Å². The SMILES string of the molecule is COc1cc(/C=C/C(=O)NCCc2ccc(Cl)cc2Cl)ccc1OCC#N. The van der Waals surface area contributed by atoms with Crippen LogP contribution in [-0.4, -0.2) is 26.2 Å². The van der Waals surface area contributed by atoms with Crippen LogP contribution in [0.15, 0.2) is 42.5 Å². The van der Waals surface area contributed by atoms with E-state index in [9.17, 15) is 4.79 Å². The molecule has 1 N–H and O–H groups in total. The maximum atomic E-state index is 12.0. The Morgan fingerprint density at radius 1 is 1.22 bits per heavy atom. The van der Waals surface area contributed by atoms with Crippen LogP contribution in [0.4, 0.5) is 0 Å². The lowest BCUT2D eigenvalue weighted by Crippen LogP contribution is -2.23. The van der Waals surface area contributed by atoms with Gasteiger partial charge in [-0.1, -0.05) is 35.3 Å². The molecule has 0 heterocycles. The molecule has 2 rings (SSSR count). The number of rotatable bonds is 8. The molecule has 7 heteroatoms. The van der Waals surface area contributed by atoms with Crippen molar-refractivity contribution in [1.29, 1.82) is 5.26 Å². The van der Waals surface area contributed by atoms with E-state index in [2.05, 4.69) is 5.32 Å². The van der Waals surface area contributed by atoms with Gasteiger partial charge in [-0.05, 0) is 47.9 Å². The predicted molar refractivity (Wildman–Crippen MR) is 106 cm³/mol. The van der Waals surface area contributed by atoms with Crippen LogP contribution >= 0.6 is 23.2 Å². The molecular formula is C20H18Cl2N2O3. The van der Waals surface area contributed by atoms with Crippen LogP contribution in [0.3, 0.4) is 0 Å². The third-order valence-corrected chi connectivity index (χ3v) is 4.20. The van der Waals surface area contributed by atoms with Crippen LogP contribution in [0.5, 0.6) is 11.5 Å².